The number of carbonyl (C=O) groups excluding carboxylic acids is 1. The van der Waals surface area contributed by atoms with Crippen molar-refractivity contribution in [3.05, 3.63) is 29.6 Å². The van der Waals surface area contributed by atoms with Crippen LogP contribution in [0.1, 0.15) is 42.5 Å². The molecule has 0 aliphatic heterocycles. The summed E-state index contributed by atoms with van der Waals surface area (Å²) in [4.78, 5) is 11.9. The van der Waals surface area contributed by atoms with Crippen LogP contribution in [0, 0.1) is 5.82 Å². The summed E-state index contributed by atoms with van der Waals surface area (Å²) in [6, 6.07) is 4.22. The van der Waals surface area contributed by atoms with E-state index in [1.54, 1.807) is 0 Å². The third-order valence-corrected chi connectivity index (χ3v) is 3.59. The zero-order chi connectivity index (χ0) is 14.4. The Kier molecular flexibility index (Phi) is 5.35. The molecule has 1 saturated carbocycles. The van der Waals surface area contributed by atoms with Gasteiger partial charge in [-0.05, 0) is 25.0 Å². The molecular formula is C15H21FN2O2. The highest BCUT2D eigenvalue weighted by Gasteiger charge is 2.14. The van der Waals surface area contributed by atoms with Crippen molar-refractivity contribution in [2.75, 3.05) is 18.9 Å². The largest absolute Gasteiger partial charge is 0.396 e. The molecule has 4 nitrogen and oxygen atoms in total. The minimum Gasteiger partial charge on any atom is -0.396 e. The van der Waals surface area contributed by atoms with Crippen molar-refractivity contribution in [2.24, 2.45) is 0 Å². The Hall–Kier alpha value is -1.62. The second-order valence-corrected chi connectivity index (χ2v) is 5.09. The van der Waals surface area contributed by atoms with Gasteiger partial charge in [-0.25, -0.2) is 4.39 Å². The van der Waals surface area contributed by atoms with Crippen molar-refractivity contribution in [3.8, 4) is 0 Å². The van der Waals surface area contributed by atoms with Gasteiger partial charge in [-0.15, -0.1) is 0 Å². The fraction of sp³-hybridized carbons (Fsp3) is 0.533. The van der Waals surface area contributed by atoms with Crippen molar-refractivity contribution in [3.63, 3.8) is 0 Å². The monoisotopic (exact) mass is 280 g/mol. The van der Waals surface area contributed by atoms with Crippen LogP contribution in [0.4, 0.5) is 10.1 Å². The van der Waals surface area contributed by atoms with Gasteiger partial charge in [0.15, 0.2) is 0 Å². The second kappa shape index (κ2) is 7.24. The third-order valence-electron chi connectivity index (χ3n) is 3.59. The van der Waals surface area contributed by atoms with E-state index in [4.69, 9.17) is 10.5 Å². The first-order valence-electron chi connectivity index (χ1n) is 7.12. The van der Waals surface area contributed by atoms with Crippen LogP contribution in [0.25, 0.3) is 0 Å². The van der Waals surface area contributed by atoms with Crippen LogP contribution < -0.4 is 11.1 Å². The van der Waals surface area contributed by atoms with Crippen molar-refractivity contribution < 1.29 is 13.9 Å². The number of anilines is 1. The molecule has 0 atom stereocenters. The Balaban J connectivity index is 1.73. The first-order valence-corrected chi connectivity index (χ1v) is 7.12. The van der Waals surface area contributed by atoms with Crippen molar-refractivity contribution in [2.45, 2.75) is 38.2 Å². The van der Waals surface area contributed by atoms with E-state index in [2.05, 4.69) is 5.32 Å². The maximum Gasteiger partial charge on any atom is 0.253 e. The first kappa shape index (κ1) is 14.8. The lowest BCUT2D eigenvalue weighted by molar-refractivity contribution is 0.0299. The number of amides is 1. The molecule has 2 rings (SSSR count). The number of para-hydroxylation sites is 1. The molecule has 5 heteroatoms. The molecule has 1 aromatic rings. The number of halogens is 1. The van der Waals surface area contributed by atoms with Crippen LogP contribution in [0.5, 0.6) is 0 Å². The van der Waals surface area contributed by atoms with E-state index in [1.165, 1.54) is 37.5 Å². The second-order valence-electron chi connectivity index (χ2n) is 5.09. The molecule has 110 valence electrons. The number of nitrogens with one attached hydrogen (secondary N) is 1. The molecule has 0 aromatic heterocycles. The number of benzene rings is 1. The Morgan fingerprint density at radius 2 is 2.10 bits per heavy atom. The summed E-state index contributed by atoms with van der Waals surface area (Å²) in [5.74, 6) is -0.939. The standard InChI is InChI=1S/C15H21FN2O2/c16-13-8-4-7-12(14(13)17)15(19)18-9-10-20-11-5-2-1-3-6-11/h4,7-8,11H,1-3,5-6,9-10,17H2,(H,18,19). The highest BCUT2D eigenvalue weighted by atomic mass is 19.1. The average molecular weight is 280 g/mol. The van der Waals surface area contributed by atoms with Crippen molar-refractivity contribution in [1.82, 2.24) is 5.32 Å². The maximum atomic E-state index is 13.2. The zero-order valence-electron chi connectivity index (χ0n) is 11.5. The highest BCUT2D eigenvalue weighted by Crippen LogP contribution is 2.20. The van der Waals surface area contributed by atoms with Crippen LogP contribution in [0.2, 0.25) is 0 Å². The predicted molar refractivity (Wildman–Crippen MR) is 76.0 cm³/mol. The molecule has 1 aliphatic carbocycles. The van der Waals surface area contributed by atoms with E-state index in [0.717, 1.165) is 12.8 Å². The quantitative estimate of drug-likeness (QED) is 0.643. The van der Waals surface area contributed by atoms with Gasteiger partial charge in [-0.2, -0.15) is 0 Å². The Labute approximate surface area is 118 Å². The van der Waals surface area contributed by atoms with Gasteiger partial charge < -0.3 is 15.8 Å². The van der Waals surface area contributed by atoms with Crippen LogP contribution in [-0.2, 0) is 4.74 Å². The Morgan fingerprint density at radius 3 is 2.85 bits per heavy atom. The molecule has 0 saturated heterocycles. The number of hydrogen-bond acceptors (Lipinski definition) is 3. The molecule has 20 heavy (non-hydrogen) atoms. The van der Waals surface area contributed by atoms with Crippen LogP contribution in [0.15, 0.2) is 18.2 Å². The smallest absolute Gasteiger partial charge is 0.253 e. The highest BCUT2D eigenvalue weighted by molar-refractivity contribution is 5.99. The van der Waals surface area contributed by atoms with E-state index in [9.17, 15) is 9.18 Å². The summed E-state index contributed by atoms with van der Waals surface area (Å²) in [7, 11) is 0. The molecule has 3 N–H and O–H groups in total. The van der Waals surface area contributed by atoms with Gasteiger partial charge in [-0.1, -0.05) is 25.3 Å². The SMILES string of the molecule is Nc1c(F)cccc1C(=O)NCCOC1CCCCC1. The number of nitrogen functional groups attached to an aromatic ring is 1. The molecule has 0 bridgehead atoms. The summed E-state index contributed by atoms with van der Waals surface area (Å²) >= 11 is 0. The molecule has 1 aliphatic rings. The zero-order valence-corrected chi connectivity index (χ0v) is 11.5. The lowest BCUT2D eigenvalue weighted by Crippen LogP contribution is -2.30. The minimum absolute atomic E-state index is 0.113. The van der Waals surface area contributed by atoms with E-state index in [0.29, 0.717) is 19.3 Å². The fourth-order valence-electron chi connectivity index (χ4n) is 2.45. The fourth-order valence-corrected chi connectivity index (χ4v) is 2.45. The van der Waals surface area contributed by atoms with Gasteiger partial charge >= 0.3 is 0 Å². The van der Waals surface area contributed by atoms with Gasteiger partial charge in [0.05, 0.1) is 24.0 Å². The van der Waals surface area contributed by atoms with E-state index in [1.807, 2.05) is 0 Å². The predicted octanol–water partition coefficient (Wildman–Crippen LogP) is 2.49. The summed E-state index contributed by atoms with van der Waals surface area (Å²) < 4.78 is 18.9. The summed E-state index contributed by atoms with van der Waals surface area (Å²) in [6.07, 6.45) is 6.25. The van der Waals surface area contributed by atoms with Gasteiger partial charge in [0.1, 0.15) is 5.82 Å². The van der Waals surface area contributed by atoms with Gasteiger partial charge in [0.2, 0.25) is 0 Å². The van der Waals surface area contributed by atoms with Gasteiger partial charge in [0.25, 0.3) is 5.91 Å². The van der Waals surface area contributed by atoms with E-state index in [-0.39, 0.29) is 17.2 Å². The van der Waals surface area contributed by atoms with Crippen LogP contribution >= 0.6 is 0 Å². The third kappa shape index (κ3) is 3.93. The Bertz CT molecular complexity index is 459. The van der Waals surface area contributed by atoms with E-state index < -0.39 is 5.82 Å². The lowest BCUT2D eigenvalue weighted by Gasteiger charge is -2.22. The summed E-state index contributed by atoms with van der Waals surface area (Å²) in [6.45, 7) is 0.886. The molecule has 0 heterocycles. The normalized spacial score (nSPS) is 16.1. The van der Waals surface area contributed by atoms with Crippen molar-refractivity contribution in [1.29, 1.82) is 0 Å². The van der Waals surface area contributed by atoms with Crippen LogP contribution in [0.3, 0.4) is 0 Å². The number of carbonyl (C=O) groups is 1. The van der Waals surface area contributed by atoms with Gasteiger partial charge in [-0.3, -0.25) is 4.79 Å². The lowest BCUT2D eigenvalue weighted by atomic mass is 9.98. The summed E-state index contributed by atoms with van der Waals surface area (Å²) in [5, 5.41) is 2.70. The molecule has 0 unspecified atom stereocenters. The maximum absolute atomic E-state index is 13.2. The number of hydrogen-bond donors (Lipinski definition) is 2. The molecule has 1 amide bonds. The molecule has 0 spiro atoms. The number of rotatable bonds is 5. The molecular weight excluding hydrogens is 259 g/mol. The van der Waals surface area contributed by atoms with E-state index >= 15 is 0 Å². The number of nitrogens with two attached hydrogens (primary N) is 1. The number of ether oxygens (including phenoxy) is 1. The Morgan fingerprint density at radius 1 is 1.35 bits per heavy atom. The van der Waals surface area contributed by atoms with Crippen molar-refractivity contribution >= 4 is 11.6 Å². The van der Waals surface area contributed by atoms with Gasteiger partial charge in [0, 0.05) is 6.54 Å². The minimum atomic E-state index is -0.573. The summed E-state index contributed by atoms with van der Waals surface area (Å²) in [5.41, 5.74) is 5.59. The molecule has 1 fully saturated rings. The molecule has 0 radical (unpaired) electrons. The van der Waals surface area contributed by atoms with Crippen LogP contribution in [-0.4, -0.2) is 25.2 Å². The molecule has 1 aromatic carbocycles. The first-order chi connectivity index (χ1) is 9.68. The topological polar surface area (TPSA) is 64.4 Å². The average Bonchev–Trinajstić information content (AvgIpc) is 2.47.